The molecule has 1 N–H and O–H groups in total. The van der Waals surface area contributed by atoms with Gasteiger partial charge in [-0.1, -0.05) is 56.4 Å². The van der Waals surface area contributed by atoms with Crippen molar-refractivity contribution < 1.29 is 14.1 Å². The van der Waals surface area contributed by atoms with Crippen molar-refractivity contribution in [2.45, 2.75) is 63.2 Å². The van der Waals surface area contributed by atoms with Gasteiger partial charge in [0, 0.05) is 19.4 Å². The Balaban J connectivity index is 2.61. The van der Waals surface area contributed by atoms with E-state index in [-0.39, 0.29) is 17.9 Å². The summed E-state index contributed by atoms with van der Waals surface area (Å²) in [5.41, 5.74) is 0. The summed E-state index contributed by atoms with van der Waals surface area (Å²) in [5, 5.41) is 11.7. The molecule has 4 nitrogen and oxygen atoms in total. The maximum absolute atomic E-state index is 14.1. The summed E-state index contributed by atoms with van der Waals surface area (Å²) in [4.78, 5) is 0.977. The third-order valence-corrected chi connectivity index (χ3v) is 7.86. The van der Waals surface area contributed by atoms with Gasteiger partial charge in [-0.25, -0.2) is 8.57 Å². The van der Waals surface area contributed by atoms with E-state index in [0.717, 1.165) is 19.3 Å². The first-order valence-corrected chi connectivity index (χ1v) is 11.9. The predicted molar refractivity (Wildman–Crippen MR) is 121 cm³/mol. The van der Waals surface area contributed by atoms with E-state index in [0.29, 0.717) is 16.2 Å². The Labute approximate surface area is 176 Å². The quantitative estimate of drug-likeness (QED) is 0.413. The maximum Gasteiger partial charge on any atom is 0.202 e. The highest BCUT2D eigenvalue weighted by atomic mass is 32.2. The first-order valence-electron chi connectivity index (χ1n) is 10.4. The van der Waals surface area contributed by atoms with Crippen molar-refractivity contribution in [3.63, 3.8) is 0 Å². The number of aliphatic hydroxyl groups is 1. The molecule has 4 atom stereocenters. The zero-order valence-electron chi connectivity index (χ0n) is 18.1. The molecule has 0 fully saturated rings. The van der Waals surface area contributed by atoms with Crippen LogP contribution in [0.25, 0.3) is 0 Å². The topological polar surface area (TPSA) is 58.9 Å². The van der Waals surface area contributed by atoms with Gasteiger partial charge in [0.2, 0.25) is 5.79 Å². The predicted octanol–water partition coefficient (Wildman–Crippen LogP) is 5.71. The fourth-order valence-electron chi connectivity index (χ4n) is 3.77. The van der Waals surface area contributed by atoms with E-state index in [2.05, 4.69) is 24.8 Å². The molecule has 0 aromatic heterocycles. The summed E-state index contributed by atoms with van der Waals surface area (Å²) < 4.78 is 24.7. The summed E-state index contributed by atoms with van der Waals surface area (Å²) in [6, 6.07) is 9.17. The lowest BCUT2D eigenvalue weighted by atomic mass is 9.86. The van der Waals surface area contributed by atoms with Crippen molar-refractivity contribution in [1.82, 2.24) is 0 Å². The lowest BCUT2D eigenvalue weighted by Gasteiger charge is -2.42. The second-order valence-electron chi connectivity index (χ2n) is 7.80. The van der Waals surface area contributed by atoms with Crippen molar-refractivity contribution in [2.75, 3.05) is 7.05 Å². The number of unbranched alkanes of at least 4 members (excludes halogenated alkanes) is 2. The van der Waals surface area contributed by atoms with Gasteiger partial charge in [0.1, 0.15) is 9.73 Å². The highest BCUT2D eigenvalue weighted by molar-refractivity contribution is 7.97. The minimum absolute atomic E-state index is 0.000868. The summed E-state index contributed by atoms with van der Waals surface area (Å²) in [5.74, 6) is -1.36. The van der Waals surface area contributed by atoms with Gasteiger partial charge < -0.3 is 9.84 Å². The number of nitrogens with zero attached hydrogens (tertiary/aromatic N) is 1. The lowest BCUT2D eigenvalue weighted by molar-refractivity contribution is -0.211. The number of allylic oxidation sites excluding steroid dienone is 2. The normalized spacial score (nSPS) is 26.9. The Morgan fingerprint density at radius 3 is 2.55 bits per heavy atom. The van der Waals surface area contributed by atoms with Crippen LogP contribution < -0.4 is 0 Å². The van der Waals surface area contributed by atoms with Crippen molar-refractivity contribution >= 4 is 9.73 Å². The van der Waals surface area contributed by atoms with Crippen molar-refractivity contribution in [1.29, 1.82) is 0 Å². The second kappa shape index (κ2) is 10.4. The van der Waals surface area contributed by atoms with Gasteiger partial charge >= 0.3 is 0 Å². The Bertz CT molecular complexity index is 850. The van der Waals surface area contributed by atoms with Crippen LogP contribution in [-0.2, 0) is 14.5 Å². The van der Waals surface area contributed by atoms with Crippen LogP contribution >= 0.6 is 0 Å². The van der Waals surface area contributed by atoms with Gasteiger partial charge in [-0.2, -0.15) is 0 Å². The largest absolute Gasteiger partial charge is 0.361 e. The van der Waals surface area contributed by atoms with E-state index >= 15 is 0 Å². The number of hydrogen-bond donors (Lipinski definition) is 1. The molecule has 1 aliphatic heterocycles. The Hall–Kier alpha value is -1.69. The molecular formula is C24H35NO3S. The molecule has 160 valence electrons. The fraction of sp³-hybridized carbons (Fsp3) is 0.500. The summed E-state index contributed by atoms with van der Waals surface area (Å²) in [7, 11) is -1.44. The number of ether oxygens (including phenoxy) is 1. The van der Waals surface area contributed by atoms with Gasteiger partial charge in [-0.3, -0.25) is 0 Å². The van der Waals surface area contributed by atoms with Crippen LogP contribution in [0.4, 0.5) is 0 Å². The van der Waals surface area contributed by atoms with Crippen LogP contribution in [-0.4, -0.2) is 28.3 Å². The zero-order valence-corrected chi connectivity index (χ0v) is 18.9. The molecule has 0 bridgehead atoms. The molecule has 0 spiro atoms. The number of rotatable bonds is 9. The van der Waals surface area contributed by atoms with Crippen LogP contribution in [0, 0.1) is 11.8 Å². The molecule has 1 heterocycles. The molecule has 1 aromatic carbocycles. The molecule has 0 aliphatic carbocycles. The first kappa shape index (κ1) is 23.6. The molecule has 2 rings (SSSR count). The van der Waals surface area contributed by atoms with Gasteiger partial charge in [-0.15, -0.1) is 6.58 Å². The second-order valence-corrected chi connectivity index (χ2v) is 10.1. The third kappa shape index (κ3) is 5.27. The van der Waals surface area contributed by atoms with E-state index in [1.165, 1.54) is 0 Å². The van der Waals surface area contributed by atoms with E-state index in [1.807, 2.05) is 49.4 Å². The molecule has 29 heavy (non-hydrogen) atoms. The van der Waals surface area contributed by atoms with Crippen molar-refractivity contribution in [3.8, 4) is 0 Å². The van der Waals surface area contributed by atoms with Gasteiger partial charge in [0.25, 0.3) is 0 Å². The molecule has 0 saturated carbocycles. The molecular weight excluding hydrogens is 382 g/mol. The molecule has 0 amide bonds. The minimum Gasteiger partial charge on any atom is -0.361 e. The molecule has 1 aliphatic rings. The highest BCUT2D eigenvalue weighted by Gasteiger charge is 2.46. The highest BCUT2D eigenvalue weighted by Crippen LogP contribution is 2.43. The number of hydrogen-bond acceptors (Lipinski definition) is 4. The van der Waals surface area contributed by atoms with Gasteiger partial charge in [0.05, 0.1) is 15.9 Å². The average Bonchev–Trinajstić information content (AvgIpc) is 2.71. The molecule has 5 heteroatoms. The SMILES string of the molecule is C=CCCCC[C@@]1(O)O[C@@H](/C=C/C)[C@H](C(C)C)C=C1S(=O)(=NC)c1ccccc1. The third-order valence-electron chi connectivity index (χ3n) is 5.38. The molecule has 1 unspecified atom stereocenters. The Morgan fingerprint density at radius 2 is 2.00 bits per heavy atom. The standard InChI is InChI=1S/C24H35NO3S/c1-6-8-9-13-17-24(26)23(18-21(19(3)4)22(28-24)14-7-2)29(27,25-5)20-15-11-10-12-16-20/h6-7,10-12,14-16,18-19,21-22,26H,1,8-9,13,17H2,2-5H3/b14-7+/t21-,22-,24+,29?/m0/s1. The van der Waals surface area contributed by atoms with E-state index in [9.17, 15) is 9.32 Å². The fourth-order valence-corrected chi connectivity index (χ4v) is 5.88. The van der Waals surface area contributed by atoms with Crippen LogP contribution in [0.2, 0.25) is 0 Å². The lowest BCUT2D eigenvalue weighted by Crippen LogP contribution is -2.47. The van der Waals surface area contributed by atoms with E-state index in [1.54, 1.807) is 19.2 Å². The van der Waals surface area contributed by atoms with Gasteiger partial charge in [0.15, 0.2) is 0 Å². The Morgan fingerprint density at radius 1 is 1.31 bits per heavy atom. The first-order chi connectivity index (χ1) is 13.8. The van der Waals surface area contributed by atoms with Crippen molar-refractivity contribution in [3.05, 3.63) is 66.1 Å². The summed E-state index contributed by atoms with van der Waals surface area (Å²) in [6.45, 7) is 9.93. The average molecular weight is 418 g/mol. The summed E-state index contributed by atoms with van der Waals surface area (Å²) in [6.07, 6.45) is 10.3. The minimum atomic E-state index is -3.00. The van der Waals surface area contributed by atoms with Crippen LogP contribution in [0.15, 0.2) is 75.4 Å². The monoisotopic (exact) mass is 417 g/mol. The van der Waals surface area contributed by atoms with E-state index in [4.69, 9.17) is 4.74 Å². The van der Waals surface area contributed by atoms with E-state index < -0.39 is 15.5 Å². The Kier molecular flexibility index (Phi) is 8.44. The molecule has 1 aromatic rings. The van der Waals surface area contributed by atoms with Crippen molar-refractivity contribution in [2.24, 2.45) is 16.2 Å². The maximum atomic E-state index is 14.1. The van der Waals surface area contributed by atoms with Crippen LogP contribution in [0.1, 0.15) is 46.5 Å². The van der Waals surface area contributed by atoms with Gasteiger partial charge in [-0.05, 0) is 44.2 Å². The smallest absolute Gasteiger partial charge is 0.202 e. The van der Waals surface area contributed by atoms with Crippen LogP contribution in [0.5, 0.6) is 0 Å². The number of benzene rings is 1. The van der Waals surface area contributed by atoms with Crippen LogP contribution in [0.3, 0.4) is 0 Å². The zero-order chi connectivity index (χ0) is 21.5. The molecule has 0 radical (unpaired) electrons. The summed E-state index contributed by atoms with van der Waals surface area (Å²) >= 11 is 0. The molecule has 0 saturated heterocycles.